The van der Waals surface area contributed by atoms with Gasteiger partial charge in [0.25, 0.3) is 0 Å². The lowest BCUT2D eigenvalue weighted by molar-refractivity contribution is 0.0529. The molecule has 1 aromatic carbocycles. The van der Waals surface area contributed by atoms with Gasteiger partial charge in [-0.2, -0.15) is 0 Å². The number of aryl methyl sites for hydroxylation is 2. The smallest absolute Gasteiger partial charge is 0.342 e. The van der Waals surface area contributed by atoms with Crippen molar-refractivity contribution in [1.29, 1.82) is 0 Å². The van der Waals surface area contributed by atoms with E-state index in [-0.39, 0.29) is 11.7 Å². The first-order valence-corrected chi connectivity index (χ1v) is 11.2. The maximum Gasteiger partial charge on any atom is 0.342 e. The van der Waals surface area contributed by atoms with Gasteiger partial charge < -0.3 is 24.2 Å². The number of benzene rings is 1. The van der Waals surface area contributed by atoms with Crippen molar-refractivity contribution in [2.45, 2.75) is 33.2 Å². The van der Waals surface area contributed by atoms with E-state index < -0.39 is 0 Å². The van der Waals surface area contributed by atoms with Crippen LogP contribution in [0.1, 0.15) is 41.3 Å². The number of phenolic OH excluding ortho intramolecular Hbond substituents is 1. The number of carbonyl (C=O) groups excluding carboxylic acids is 1. The Labute approximate surface area is 189 Å². The van der Waals surface area contributed by atoms with E-state index in [0.29, 0.717) is 18.7 Å². The molecule has 1 saturated heterocycles. The second kappa shape index (κ2) is 8.82. The lowest BCUT2D eigenvalue weighted by Crippen LogP contribution is -2.23. The summed E-state index contributed by atoms with van der Waals surface area (Å²) in [7, 11) is 5.93. The van der Waals surface area contributed by atoms with E-state index in [4.69, 9.17) is 4.74 Å². The zero-order chi connectivity index (χ0) is 23.0. The van der Waals surface area contributed by atoms with Crippen molar-refractivity contribution >= 4 is 22.7 Å². The van der Waals surface area contributed by atoms with E-state index in [1.165, 1.54) is 0 Å². The van der Waals surface area contributed by atoms with Crippen molar-refractivity contribution in [1.82, 2.24) is 14.5 Å². The lowest BCUT2D eigenvalue weighted by Gasteiger charge is -2.20. The average molecular weight is 437 g/mol. The minimum absolute atomic E-state index is 0.195. The van der Waals surface area contributed by atoms with E-state index in [9.17, 15) is 9.90 Å². The highest BCUT2D eigenvalue weighted by Crippen LogP contribution is 2.46. The van der Waals surface area contributed by atoms with Crippen LogP contribution in [0.4, 0.5) is 5.82 Å². The number of anilines is 1. The van der Waals surface area contributed by atoms with Gasteiger partial charge in [0.05, 0.1) is 12.1 Å². The number of nitrogens with zero attached hydrogens (tertiary/aromatic N) is 4. The molecule has 3 heterocycles. The van der Waals surface area contributed by atoms with Gasteiger partial charge in [-0.1, -0.05) is 6.07 Å². The third-order valence-corrected chi connectivity index (χ3v) is 6.23. The molecule has 170 valence electrons. The number of rotatable bonds is 6. The molecule has 0 unspecified atom stereocenters. The Balaban J connectivity index is 2.15. The molecule has 2 aromatic heterocycles. The highest BCUT2D eigenvalue weighted by atomic mass is 16.5. The average Bonchev–Trinajstić information content (AvgIpc) is 3.38. The normalized spacial score (nSPS) is 14.0. The fraction of sp³-hybridized carbons (Fsp3) is 0.440. The number of fused-ring (bicyclic) bond motifs is 1. The van der Waals surface area contributed by atoms with Gasteiger partial charge in [-0.3, -0.25) is 4.98 Å². The molecule has 32 heavy (non-hydrogen) atoms. The first-order chi connectivity index (χ1) is 15.4. The van der Waals surface area contributed by atoms with E-state index in [1.807, 2.05) is 52.0 Å². The van der Waals surface area contributed by atoms with Crippen molar-refractivity contribution < 1.29 is 14.6 Å². The Hall–Kier alpha value is -3.06. The van der Waals surface area contributed by atoms with Crippen molar-refractivity contribution in [3.8, 4) is 16.9 Å². The second-order valence-electron chi connectivity index (χ2n) is 8.70. The summed E-state index contributed by atoms with van der Waals surface area (Å²) in [6.45, 7) is 6.43. The molecule has 1 aliphatic rings. The number of carbonyl (C=O) groups is 1. The largest absolute Gasteiger partial charge is 0.507 e. The first kappa shape index (κ1) is 22.1. The molecule has 1 N–H and O–H groups in total. The van der Waals surface area contributed by atoms with Crippen LogP contribution in [-0.4, -0.2) is 59.3 Å². The highest BCUT2D eigenvalue weighted by molar-refractivity contribution is 6.14. The Morgan fingerprint density at radius 2 is 2.00 bits per heavy atom. The predicted molar refractivity (Wildman–Crippen MR) is 127 cm³/mol. The van der Waals surface area contributed by atoms with Crippen LogP contribution in [-0.2, 0) is 18.3 Å². The summed E-state index contributed by atoms with van der Waals surface area (Å²) < 4.78 is 7.63. The fourth-order valence-corrected chi connectivity index (χ4v) is 5.00. The molecule has 0 spiro atoms. The van der Waals surface area contributed by atoms with Crippen LogP contribution in [0.15, 0.2) is 24.5 Å². The molecule has 0 bridgehead atoms. The van der Waals surface area contributed by atoms with E-state index in [2.05, 4.69) is 14.5 Å². The maximum atomic E-state index is 13.3. The van der Waals surface area contributed by atoms with Crippen LogP contribution in [0, 0.1) is 6.92 Å². The third-order valence-electron chi connectivity index (χ3n) is 6.23. The van der Waals surface area contributed by atoms with Gasteiger partial charge in [0.1, 0.15) is 17.1 Å². The Kier molecular flexibility index (Phi) is 6.11. The van der Waals surface area contributed by atoms with Crippen LogP contribution in [0.3, 0.4) is 0 Å². The predicted octanol–water partition coefficient (Wildman–Crippen LogP) is 4.09. The van der Waals surface area contributed by atoms with Gasteiger partial charge in [-0.25, -0.2) is 4.79 Å². The molecule has 7 nitrogen and oxygen atoms in total. The van der Waals surface area contributed by atoms with Crippen LogP contribution in [0.2, 0.25) is 0 Å². The summed E-state index contributed by atoms with van der Waals surface area (Å²) in [6.07, 6.45) is 5.69. The van der Waals surface area contributed by atoms with E-state index >= 15 is 0 Å². The van der Waals surface area contributed by atoms with Gasteiger partial charge in [0.15, 0.2) is 0 Å². The van der Waals surface area contributed by atoms with Gasteiger partial charge in [0, 0.05) is 61.2 Å². The number of aromatic nitrogens is 2. The SMILES string of the molecule is CCOC(=O)c1c(N2CCCC2)n(C)c2c(C)c(-c3cccnc3)c(O)c(CN(C)C)c12. The molecule has 0 radical (unpaired) electrons. The van der Waals surface area contributed by atoms with Crippen molar-refractivity contribution in [3.63, 3.8) is 0 Å². The molecular formula is C25H32N4O3. The summed E-state index contributed by atoms with van der Waals surface area (Å²) in [5.74, 6) is 0.732. The summed E-state index contributed by atoms with van der Waals surface area (Å²) in [4.78, 5) is 21.8. The van der Waals surface area contributed by atoms with Gasteiger partial charge >= 0.3 is 5.97 Å². The molecule has 7 heteroatoms. The van der Waals surface area contributed by atoms with Crippen molar-refractivity contribution in [2.24, 2.45) is 7.05 Å². The van der Waals surface area contributed by atoms with Crippen LogP contribution in [0.25, 0.3) is 22.0 Å². The molecule has 0 aliphatic carbocycles. The van der Waals surface area contributed by atoms with Gasteiger partial charge in [-0.15, -0.1) is 0 Å². The fourth-order valence-electron chi connectivity index (χ4n) is 5.00. The van der Waals surface area contributed by atoms with E-state index in [1.54, 1.807) is 12.4 Å². The number of phenols is 1. The zero-order valence-corrected chi connectivity index (χ0v) is 19.6. The van der Waals surface area contributed by atoms with Crippen LogP contribution in [0.5, 0.6) is 5.75 Å². The summed E-state index contributed by atoms with van der Waals surface area (Å²) in [6, 6.07) is 3.83. The minimum Gasteiger partial charge on any atom is -0.507 e. The van der Waals surface area contributed by atoms with Crippen LogP contribution >= 0.6 is 0 Å². The Morgan fingerprint density at radius 1 is 1.28 bits per heavy atom. The molecule has 1 fully saturated rings. The monoisotopic (exact) mass is 436 g/mol. The van der Waals surface area contributed by atoms with E-state index in [0.717, 1.165) is 64.9 Å². The second-order valence-corrected chi connectivity index (χ2v) is 8.70. The topological polar surface area (TPSA) is 70.8 Å². The standard InChI is InChI=1S/C25H32N4O3/c1-6-32-25(31)21-20-18(15-27(3)4)23(30)19(17-10-9-11-26-14-17)16(2)22(20)28(5)24(21)29-12-7-8-13-29/h9-11,14,30H,6-8,12-13,15H2,1-5H3. The van der Waals surface area contributed by atoms with Gasteiger partial charge in [0.2, 0.25) is 0 Å². The van der Waals surface area contributed by atoms with Crippen molar-refractivity contribution in [2.75, 3.05) is 38.7 Å². The summed E-state index contributed by atoms with van der Waals surface area (Å²) >= 11 is 0. The number of esters is 1. The zero-order valence-electron chi connectivity index (χ0n) is 19.6. The lowest BCUT2D eigenvalue weighted by atomic mass is 9.92. The molecule has 4 rings (SSSR count). The maximum absolute atomic E-state index is 13.3. The molecule has 0 amide bonds. The molecular weight excluding hydrogens is 404 g/mol. The number of hydrogen-bond acceptors (Lipinski definition) is 6. The summed E-state index contributed by atoms with van der Waals surface area (Å²) in [5, 5.41) is 12.3. The third kappa shape index (κ3) is 3.60. The minimum atomic E-state index is -0.340. The molecule has 1 aliphatic heterocycles. The molecule has 3 aromatic rings. The number of aromatic hydroxyl groups is 1. The first-order valence-electron chi connectivity index (χ1n) is 11.2. The molecule has 0 atom stereocenters. The van der Waals surface area contributed by atoms with Crippen LogP contribution < -0.4 is 4.90 Å². The Morgan fingerprint density at radius 3 is 2.59 bits per heavy atom. The Bertz CT molecular complexity index is 1150. The molecule has 0 saturated carbocycles. The number of hydrogen-bond donors (Lipinski definition) is 1. The number of ether oxygens (including phenoxy) is 1. The van der Waals surface area contributed by atoms with Crippen molar-refractivity contribution in [3.05, 3.63) is 41.2 Å². The van der Waals surface area contributed by atoms with Gasteiger partial charge in [-0.05, 0) is 52.4 Å². The number of pyridine rings is 1. The summed E-state index contributed by atoms with van der Waals surface area (Å²) in [5.41, 5.74) is 4.77. The highest BCUT2D eigenvalue weighted by Gasteiger charge is 2.33. The quantitative estimate of drug-likeness (QED) is 0.587.